The van der Waals surface area contributed by atoms with Crippen LogP contribution in [0.1, 0.15) is 0 Å². The standard InChI is InChI=1S/C9H10N4OS/c10-8(12-14)6-13-4-3-11-9(13)7-2-1-5-15-7/h1-5,14H,6H2,(H2,10,12). The molecule has 0 aliphatic rings. The first-order chi connectivity index (χ1) is 7.31. The molecule has 0 atom stereocenters. The van der Waals surface area contributed by atoms with Crippen molar-refractivity contribution in [3.8, 4) is 10.7 Å². The second kappa shape index (κ2) is 4.14. The molecule has 0 radical (unpaired) electrons. The summed E-state index contributed by atoms with van der Waals surface area (Å²) in [6.07, 6.45) is 3.49. The highest BCUT2D eigenvalue weighted by atomic mass is 32.1. The van der Waals surface area contributed by atoms with E-state index >= 15 is 0 Å². The maximum atomic E-state index is 8.49. The molecule has 0 unspecified atom stereocenters. The first-order valence-corrected chi connectivity index (χ1v) is 5.20. The second-order valence-corrected chi connectivity index (χ2v) is 3.90. The number of nitrogens with two attached hydrogens (primary N) is 1. The first kappa shape index (κ1) is 9.72. The van der Waals surface area contributed by atoms with E-state index in [1.165, 1.54) is 0 Å². The predicted molar refractivity (Wildman–Crippen MR) is 58.9 cm³/mol. The van der Waals surface area contributed by atoms with Gasteiger partial charge in [0.15, 0.2) is 5.84 Å². The Morgan fingerprint density at radius 1 is 1.67 bits per heavy atom. The van der Waals surface area contributed by atoms with Crippen LogP contribution >= 0.6 is 11.3 Å². The number of hydrogen-bond donors (Lipinski definition) is 2. The van der Waals surface area contributed by atoms with Crippen LogP contribution in [-0.4, -0.2) is 20.6 Å². The van der Waals surface area contributed by atoms with E-state index in [0.717, 1.165) is 10.7 Å². The van der Waals surface area contributed by atoms with Crippen LogP contribution in [-0.2, 0) is 6.54 Å². The van der Waals surface area contributed by atoms with E-state index in [4.69, 9.17) is 10.9 Å². The Labute approximate surface area is 90.5 Å². The van der Waals surface area contributed by atoms with Crippen molar-refractivity contribution < 1.29 is 5.21 Å². The highest BCUT2D eigenvalue weighted by molar-refractivity contribution is 7.13. The van der Waals surface area contributed by atoms with Gasteiger partial charge in [-0.2, -0.15) is 0 Å². The Kier molecular flexibility index (Phi) is 2.68. The number of hydrogen-bond acceptors (Lipinski definition) is 4. The summed E-state index contributed by atoms with van der Waals surface area (Å²) in [5.41, 5.74) is 5.44. The Hall–Kier alpha value is -1.82. The molecule has 0 spiro atoms. The van der Waals surface area contributed by atoms with Gasteiger partial charge in [0.25, 0.3) is 0 Å². The number of amidine groups is 1. The largest absolute Gasteiger partial charge is 0.409 e. The summed E-state index contributed by atoms with van der Waals surface area (Å²) in [5.74, 6) is 0.988. The quantitative estimate of drug-likeness (QED) is 0.356. The summed E-state index contributed by atoms with van der Waals surface area (Å²) >= 11 is 1.60. The molecule has 2 aromatic heterocycles. The molecule has 0 aliphatic carbocycles. The van der Waals surface area contributed by atoms with Gasteiger partial charge in [-0.1, -0.05) is 11.2 Å². The zero-order valence-electron chi connectivity index (χ0n) is 7.87. The van der Waals surface area contributed by atoms with E-state index < -0.39 is 0 Å². The zero-order chi connectivity index (χ0) is 10.7. The number of aromatic nitrogens is 2. The van der Waals surface area contributed by atoms with Gasteiger partial charge in [-0.15, -0.1) is 11.3 Å². The van der Waals surface area contributed by atoms with E-state index in [-0.39, 0.29) is 5.84 Å². The van der Waals surface area contributed by atoms with Gasteiger partial charge in [-0.05, 0) is 11.4 Å². The molecule has 0 saturated heterocycles. The van der Waals surface area contributed by atoms with Gasteiger partial charge in [0.1, 0.15) is 5.82 Å². The molecule has 0 amide bonds. The molecule has 2 rings (SSSR count). The summed E-state index contributed by atoms with van der Waals surface area (Å²) < 4.78 is 1.83. The molecule has 0 saturated carbocycles. The van der Waals surface area contributed by atoms with Crippen LogP contribution in [0.25, 0.3) is 10.7 Å². The minimum atomic E-state index is 0.158. The average molecular weight is 222 g/mol. The van der Waals surface area contributed by atoms with Crippen molar-refractivity contribution in [2.45, 2.75) is 6.54 Å². The van der Waals surface area contributed by atoms with Crippen molar-refractivity contribution in [1.29, 1.82) is 0 Å². The molecule has 0 aliphatic heterocycles. The Morgan fingerprint density at radius 2 is 2.53 bits per heavy atom. The van der Waals surface area contributed by atoms with Crippen molar-refractivity contribution in [2.24, 2.45) is 10.9 Å². The smallest absolute Gasteiger partial charge is 0.159 e. The number of oxime groups is 1. The van der Waals surface area contributed by atoms with Gasteiger partial charge < -0.3 is 15.5 Å². The number of thiophene rings is 1. The highest BCUT2D eigenvalue weighted by Crippen LogP contribution is 2.22. The minimum Gasteiger partial charge on any atom is -0.409 e. The lowest BCUT2D eigenvalue weighted by Crippen LogP contribution is -2.19. The summed E-state index contributed by atoms with van der Waals surface area (Å²) in [6.45, 7) is 0.337. The minimum absolute atomic E-state index is 0.158. The summed E-state index contributed by atoms with van der Waals surface area (Å²) in [4.78, 5) is 5.29. The zero-order valence-corrected chi connectivity index (χ0v) is 8.68. The Bertz CT molecular complexity index is 460. The van der Waals surface area contributed by atoms with Crippen LogP contribution in [0.2, 0.25) is 0 Å². The fourth-order valence-electron chi connectivity index (χ4n) is 1.27. The number of imidazole rings is 1. The summed E-state index contributed by atoms with van der Waals surface area (Å²) in [7, 11) is 0. The predicted octanol–water partition coefficient (Wildman–Crippen LogP) is 1.36. The molecule has 3 N–H and O–H groups in total. The lowest BCUT2D eigenvalue weighted by atomic mass is 10.4. The van der Waals surface area contributed by atoms with Crippen molar-refractivity contribution in [2.75, 3.05) is 0 Å². The van der Waals surface area contributed by atoms with Gasteiger partial charge in [0, 0.05) is 12.4 Å². The molecule has 2 heterocycles. The lowest BCUT2D eigenvalue weighted by molar-refractivity contribution is 0.316. The Balaban J connectivity index is 2.31. The third-order valence-electron chi connectivity index (χ3n) is 1.92. The first-order valence-electron chi connectivity index (χ1n) is 4.32. The van der Waals surface area contributed by atoms with E-state index in [1.807, 2.05) is 22.1 Å². The third kappa shape index (κ3) is 1.99. The van der Waals surface area contributed by atoms with E-state index in [0.29, 0.717) is 6.54 Å². The molecule has 2 aromatic rings. The van der Waals surface area contributed by atoms with Crippen molar-refractivity contribution >= 4 is 17.2 Å². The maximum Gasteiger partial charge on any atom is 0.159 e. The van der Waals surface area contributed by atoms with Gasteiger partial charge in [0.2, 0.25) is 0 Å². The van der Waals surface area contributed by atoms with Crippen molar-refractivity contribution in [1.82, 2.24) is 9.55 Å². The normalized spacial score (nSPS) is 11.9. The molecule has 78 valence electrons. The molecular formula is C9H10N4OS. The van der Waals surface area contributed by atoms with E-state index in [1.54, 1.807) is 23.7 Å². The molecule has 0 fully saturated rings. The monoisotopic (exact) mass is 222 g/mol. The van der Waals surface area contributed by atoms with Crippen LogP contribution in [0, 0.1) is 0 Å². The second-order valence-electron chi connectivity index (χ2n) is 2.95. The fourth-order valence-corrected chi connectivity index (χ4v) is 2.01. The molecule has 0 aromatic carbocycles. The van der Waals surface area contributed by atoms with E-state index in [2.05, 4.69) is 10.1 Å². The molecule has 6 heteroatoms. The van der Waals surface area contributed by atoms with Gasteiger partial charge >= 0.3 is 0 Å². The topological polar surface area (TPSA) is 76.4 Å². The van der Waals surface area contributed by atoms with E-state index in [9.17, 15) is 0 Å². The van der Waals surface area contributed by atoms with Crippen LogP contribution in [0.3, 0.4) is 0 Å². The third-order valence-corrected chi connectivity index (χ3v) is 2.78. The van der Waals surface area contributed by atoms with Crippen LogP contribution in [0.15, 0.2) is 35.1 Å². The molecule has 0 bridgehead atoms. The SMILES string of the molecule is NC(Cn1ccnc1-c1cccs1)=NO. The molecular weight excluding hydrogens is 212 g/mol. The summed E-state index contributed by atoms with van der Waals surface area (Å²) in [5, 5.41) is 13.4. The van der Waals surface area contributed by atoms with Gasteiger partial charge in [0.05, 0.1) is 11.4 Å². The average Bonchev–Trinajstić information content (AvgIpc) is 2.86. The highest BCUT2D eigenvalue weighted by Gasteiger charge is 2.07. The Morgan fingerprint density at radius 3 is 3.20 bits per heavy atom. The number of rotatable bonds is 3. The van der Waals surface area contributed by atoms with Crippen LogP contribution in [0.4, 0.5) is 0 Å². The lowest BCUT2D eigenvalue weighted by Gasteiger charge is -2.04. The van der Waals surface area contributed by atoms with Crippen molar-refractivity contribution in [3.05, 3.63) is 29.9 Å². The van der Waals surface area contributed by atoms with Crippen molar-refractivity contribution in [3.63, 3.8) is 0 Å². The van der Waals surface area contributed by atoms with Crippen LogP contribution in [0.5, 0.6) is 0 Å². The maximum absolute atomic E-state index is 8.49. The molecule has 15 heavy (non-hydrogen) atoms. The number of nitrogens with zero attached hydrogens (tertiary/aromatic N) is 3. The van der Waals surface area contributed by atoms with Crippen LogP contribution < -0.4 is 5.73 Å². The van der Waals surface area contributed by atoms with Gasteiger partial charge in [-0.3, -0.25) is 0 Å². The summed E-state index contributed by atoms with van der Waals surface area (Å²) in [6, 6.07) is 3.94. The van der Waals surface area contributed by atoms with Gasteiger partial charge in [-0.25, -0.2) is 4.98 Å². The fraction of sp³-hybridized carbons (Fsp3) is 0.111. The molecule has 5 nitrogen and oxygen atoms in total.